The van der Waals surface area contributed by atoms with E-state index in [9.17, 15) is 18.5 Å². The van der Waals surface area contributed by atoms with Gasteiger partial charge in [-0.2, -0.15) is 0 Å². The molecular weight excluding hydrogens is 350 g/mol. The van der Waals surface area contributed by atoms with Crippen LogP contribution in [0.4, 0.5) is 10.8 Å². The molecule has 1 N–H and O–H groups in total. The molecule has 2 aromatic carbocycles. The highest BCUT2D eigenvalue weighted by atomic mass is 32.2. The molecular formula is C15H11N3O4S2. The molecule has 0 aliphatic carbocycles. The van der Waals surface area contributed by atoms with Crippen LogP contribution in [0.5, 0.6) is 0 Å². The van der Waals surface area contributed by atoms with Crippen LogP contribution in [0.3, 0.4) is 0 Å². The summed E-state index contributed by atoms with van der Waals surface area (Å²) in [6.07, 6.45) is 0. The van der Waals surface area contributed by atoms with Crippen LogP contribution in [0.25, 0.3) is 11.3 Å². The van der Waals surface area contributed by atoms with E-state index in [1.54, 1.807) is 5.38 Å². The van der Waals surface area contributed by atoms with Gasteiger partial charge in [0, 0.05) is 17.0 Å². The lowest BCUT2D eigenvalue weighted by Gasteiger charge is -2.05. The second kappa shape index (κ2) is 6.38. The summed E-state index contributed by atoms with van der Waals surface area (Å²) in [6.45, 7) is 0. The minimum Gasteiger partial charge on any atom is -0.258 e. The summed E-state index contributed by atoms with van der Waals surface area (Å²) in [6, 6.07) is 14.5. The van der Waals surface area contributed by atoms with Gasteiger partial charge in [-0.15, -0.1) is 11.3 Å². The summed E-state index contributed by atoms with van der Waals surface area (Å²) >= 11 is 1.11. The van der Waals surface area contributed by atoms with Gasteiger partial charge < -0.3 is 0 Å². The Morgan fingerprint density at radius 2 is 1.71 bits per heavy atom. The molecule has 3 aromatic rings. The zero-order valence-corrected chi connectivity index (χ0v) is 13.8. The Bertz CT molecular complexity index is 985. The van der Waals surface area contributed by atoms with Gasteiger partial charge in [0.15, 0.2) is 10.0 Å². The molecule has 0 bridgehead atoms. The molecule has 1 aromatic heterocycles. The van der Waals surface area contributed by atoms with E-state index in [0.29, 0.717) is 5.69 Å². The third-order valence-electron chi connectivity index (χ3n) is 3.15. The maximum absolute atomic E-state index is 12.4. The maximum atomic E-state index is 12.4. The van der Waals surface area contributed by atoms with Crippen molar-refractivity contribution in [2.24, 2.45) is 0 Å². The van der Waals surface area contributed by atoms with E-state index in [0.717, 1.165) is 23.0 Å². The molecule has 0 radical (unpaired) electrons. The predicted octanol–water partition coefficient (Wildman–Crippen LogP) is 3.52. The molecule has 0 saturated carbocycles. The Morgan fingerprint density at radius 1 is 1.04 bits per heavy atom. The first-order valence-electron chi connectivity index (χ1n) is 6.74. The van der Waals surface area contributed by atoms with Crippen LogP contribution < -0.4 is 4.72 Å². The standard InChI is InChI=1S/C15H11N3O4S2/c19-18(20)13-8-4-5-9-14(13)24(21,22)17-15-16-12(10-23-15)11-6-2-1-3-7-11/h1-10H,(H,16,17). The lowest BCUT2D eigenvalue weighted by molar-refractivity contribution is -0.387. The third-order valence-corrected chi connectivity index (χ3v) is 5.42. The normalized spacial score (nSPS) is 11.2. The molecule has 0 aliphatic rings. The van der Waals surface area contributed by atoms with E-state index in [1.807, 2.05) is 30.3 Å². The van der Waals surface area contributed by atoms with Crippen LogP contribution in [0.15, 0.2) is 64.9 Å². The molecule has 0 amide bonds. The third kappa shape index (κ3) is 3.26. The summed E-state index contributed by atoms with van der Waals surface area (Å²) < 4.78 is 27.1. The Balaban J connectivity index is 1.91. The van der Waals surface area contributed by atoms with Crippen LogP contribution in [-0.2, 0) is 10.0 Å². The molecule has 0 aliphatic heterocycles. The lowest BCUT2D eigenvalue weighted by atomic mass is 10.2. The highest BCUT2D eigenvalue weighted by Crippen LogP contribution is 2.29. The number of hydrogen-bond acceptors (Lipinski definition) is 6. The van der Waals surface area contributed by atoms with Gasteiger partial charge in [0.05, 0.1) is 10.6 Å². The molecule has 0 unspecified atom stereocenters. The van der Waals surface area contributed by atoms with Crippen LogP contribution in [0.2, 0.25) is 0 Å². The van der Waals surface area contributed by atoms with E-state index in [-0.39, 0.29) is 5.13 Å². The number of aromatic nitrogens is 1. The fourth-order valence-corrected chi connectivity index (χ4v) is 4.21. The Morgan fingerprint density at radius 3 is 2.42 bits per heavy atom. The number of nitro benzene ring substituents is 1. The van der Waals surface area contributed by atoms with Crippen molar-refractivity contribution < 1.29 is 13.3 Å². The number of thiazole rings is 1. The smallest absolute Gasteiger partial charge is 0.258 e. The van der Waals surface area contributed by atoms with Gasteiger partial charge in [0.2, 0.25) is 0 Å². The highest BCUT2D eigenvalue weighted by molar-refractivity contribution is 7.93. The van der Waals surface area contributed by atoms with Crippen molar-refractivity contribution >= 4 is 32.2 Å². The van der Waals surface area contributed by atoms with Crippen molar-refractivity contribution in [3.05, 3.63) is 70.1 Å². The van der Waals surface area contributed by atoms with Crippen molar-refractivity contribution in [2.75, 3.05) is 4.72 Å². The van der Waals surface area contributed by atoms with Gasteiger partial charge >= 0.3 is 0 Å². The first kappa shape index (κ1) is 16.1. The minimum atomic E-state index is -4.10. The number of nitrogens with one attached hydrogen (secondary N) is 1. The van der Waals surface area contributed by atoms with Crippen molar-refractivity contribution in [3.63, 3.8) is 0 Å². The molecule has 3 rings (SSSR count). The summed E-state index contributed by atoms with van der Waals surface area (Å²) in [7, 11) is -4.10. The average Bonchev–Trinajstić information content (AvgIpc) is 3.03. The zero-order chi connectivity index (χ0) is 17.2. The highest BCUT2D eigenvalue weighted by Gasteiger charge is 2.26. The first-order chi connectivity index (χ1) is 11.5. The fourth-order valence-electron chi connectivity index (χ4n) is 2.07. The number of nitro groups is 1. The van der Waals surface area contributed by atoms with Crippen molar-refractivity contribution in [2.45, 2.75) is 4.90 Å². The molecule has 9 heteroatoms. The fraction of sp³-hybridized carbons (Fsp3) is 0. The van der Waals surface area contributed by atoms with Gasteiger partial charge in [-0.05, 0) is 6.07 Å². The number of rotatable bonds is 5. The molecule has 7 nitrogen and oxygen atoms in total. The second-order valence-electron chi connectivity index (χ2n) is 4.73. The zero-order valence-electron chi connectivity index (χ0n) is 12.1. The topological polar surface area (TPSA) is 102 Å². The SMILES string of the molecule is O=[N+]([O-])c1ccccc1S(=O)(=O)Nc1nc(-c2ccccc2)cs1. The minimum absolute atomic E-state index is 0.145. The largest absolute Gasteiger partial charge is 0.289 e. The number of para-hydroxylation sites is 1. The van der Waals surface area contributed by atoms with E-state index in [2.05, 4.69) is 9.71 Å². The van der Waals surface area contributed by atoms with Crippen molar-refractivity contribution in [3.8, 4) is 11.3 Å². The van der Waals surface area contributed by atoms with Gasteiger partial charge in [0.25, 0.3) is 15.7 Å². The van der Waals surface area contributed by atoms with Crippen molar-refractivity contribution in [1.29, 1.82) is 0 Å². The molecule has 0 fully saturated rings. The average molecular weight is 361 g/mol. The summed E-state index contributed by atoms with van der Waals surface area (Å²) in [5.74, 6) is 0. The molecule has 0 saturated heterocycles. The number of anilines is 1. The van der Waals surface area contributed by atoms with E-state index in [4.69, 9.17) is 0 Å². The van der Waals surface area contributed by atoms with Gasteiger partial charge in [-0.1, -0.05) is 42.5 Å². The van der Waals surface area contributed by atoms with E-state index < -0.39 is 25.5 Å². The van der Waals surface area contributed by atoms with Gasteiger partial charge in [-0.25, -0.2) is 13.4 Å². The van der Waals surface area contributed by atoms with Crippen LogP contribution >= 0.6 is 11.3 Å². The van der Waals surface area contributed by atoms with Crippen molar-refractivity contribution in [1.82, 2.24) is 4.98 Å². The maximum Gasteiger partial charge on any atom is 0.289 e. The number of nitrogens with zero attached hydrogens (tertiary/aromatic N) is 2. The van der Waals surface area contributed by atoms with Gasteiger partial charge in [-0.3, -0.25) is 14.8 Å². The quantitative estimate of drug-likeness (QED) is 0.553. The van der Waals surface area contributed by atoms with Gasteiger partial charge in [0.1, 0.15) is 0 Å². The molecule has 0 spiro atoms. The Labute approximate surface area is 141 Å². The molecule has 0 atom stereocenters. The van der Waals surface area contributed by atoms with E-state index in [1.165, 1.54) is 18.2 Å². The van der Waals surface area contributed by atoms with Crippen LogP contribution in [0.1, 0.15) is 0 Å². The molecule has 24 heavy (non-hydrogen) atoms. The summed E-state index contributed by atoms with van der Waals surface area (Å²) in [5, 5.41) is 12.9. The first-order valence-corrected chi connectivity index (χ1v) is 9.11. The molecule has 1 heterocycles. The number of sulfonamides is 1. The Hall–Kier alpha value is -2.78. The summed E-state index contributed by atoms with van der Waals surface area (Å²) in [5.41, 5.74) is 0.996. The monoisotopic (exact) mass is 361 g/mol. The lowest BCUT2D eigenvalue weighted by Crippen LogP contribution is -2.14. The van der Waals surface area contributed by atoms with Crippen LogP contribution in [0, 0.1) is 10.1 Å². The summed E-state index contributed by atoms with van der Waals surface area (Å²) in [4.78, 5) is 14.1. The van der Waals surface area contributed by atoms with E-state index >= 15 is 0 Å². The predicted molar refractivity (Wildman–Crippen MR) is 91.5 cm³/mol. The molecule has 122 valence electrons. The number of benzene rings is 2. The van der Waals surface area contributed by atoms with Crippen LogP contribution in [-0.4, -0.2) is 18.3 Å². The second-order valence-corrected chi connectivity index (χ2v) is 7.24. The Kier molecular flexibility index (Phi) is 4.28. The number of hydrogen-bond donors (Lipinski definition) is 1.